The van der Waals surface area contributed by atoms with E-state index in [-0.39, 0.29) is 19.3 Å². The molecule has 0 aliphatic heterocycles. The quantitative estimate of drug-likeness (QED) is 0.716. The van der Waals surface area contributed by atoms with E-state index in [2.05, 4.69) is 15.0 Å². The number of nitrogens with zero attached hydrogens (tertiary/aromatic N) is 4. The van der Waals surface area contributed by atoms with Gasteiger partial charge in [0.05, 0.1) is 25.6 Å². The molecule has 0 radical (unpaired) electrons. The fraction of sp³-hybridized carbons (Fsp3) is 0.500. The van der Waals surface area contributed by atoms with Crippen molar-refractivity contribution in [3.05, 3.63) is 23.8 Å². The molecule has 21 heavy (non-hydrogen) atoms. The van der Waals surface area contributed by atoms with Gasteiger partial charge >= 0.3 is 0 Å². The van der Waals surface area contributed by atoms with Crippen molar-refractivity contribution in [3.63, 3.8) is 0 Å². The molecular weight excluding hydrogens is 270 g/mol. The summed E-state index contributed by atoms with van der Waals surface area (Å²) < 4.78 is 1.94. The molecule has 0 spiro atoms. The highest BCUT2D eigenvalue weighted by molar-refractivity contribution is 5.81. The molecular formula is C14H19N5O2. The number of aliphatic hydroxyl groups excluding tert-OH is 2. The van der Waals surface area contributed by atoms with Crippen molar-refractivity contribution in [2.24, 2.45) is 5.41 Å². The van der Waals surface area contributed by atoms with E-state index < -0.39 is 5.41 Å². The fourth-order valence-corrected chi connectivity index (χ4v) is 3.17. The molecule has 7 heteroatoms. The Labute approximate surface area is 122 Å². The van der Waals surface area contributed by atoms with Crippen molar-refractivity contribution in [1.29, 1.82) is 0 Å². The van der Waals surface area contributed by atoms with Crippen LogP contribution in [0.4, 0.5) is 5.82 Å². The van der Waals surface area contributed by atoms with Crippen LogP contribution in [-0.4, -0.2) is 42.9 Å². The van der Waals surface area contributed by atoms with Gasteiger partial charge in [0.15, 0.2) is 11.5 Å². The van der Waals surface area contributed by atoms with E-state index in [4.69, 9.17) is 5.73 Å². The molecule has 112 valence electrons. The highest BCUT2D eigenvalue weighted by atomic mass is 16.3. The molecule has 1 atom stereocenters. The van der Waals surface area contributed by atoms with Crippen LogP contribution in [0, 0.1) is 5.41 Å². The second kappa shape index (κ2) is 4.78. The molecule has 0 fully saturated rings. The zero-order chi connectivity index (χ0) is 15.2. The van der Waals surface area contributed by atoms with E-state index in [0.717, 1.165) is 11.1 Å². The van der Waals surface area contributed by atoms with Gasteiger partial charge in [-0.1, -0.05) is 11.1 Å². The van der Waals surface area contributed by atoms with Gasteiger partial charge in [-0.3, -0.25) is 0 Å². The van der Waals surface area contributed by atoms with E-state index in [1.54, 1.807) is 6.33 Å². The molecule has 0 unspecified atom stereocenters. The molecule has 2 heterocycles. The second-order valence-electron chi connectivity index (χ2n) is 5.71. The van der Waals surface area contributed by atoms with E-state index in [1.165, 1.54) is 6.33 Å². The lowest BCUT2D eigenvalue weighted by atomic mass is 9.83. The molecule has 7 nitrogen and oxygen atoms in total. The van der Waals surface area contributed by atoms with E-state index in [9.17, 15) is 10.2 Å². The van der Waals surface area contributed by atoms with Crippen LogP contribution in [0.3, 0.4) is 0 Å². The Morgan fingerprint density at radius 3 is 2.62 bits per heavy atom. The maximum absolute atomic E-state index is 9.71. The van der Waals surface area contributed by atoms with Crippen LogP contribution in [0.15, 0.2) is 23.8 Å². The molecule has 4 N–H and O–H groups in total. The third-order valence-corrected chi connectivity index (χ3v) is 4.80. The lowest BCUT2D eigenvalue weighted by Gasteiger charge is -2.27. The summed E-state index contributed by atoms with van der Waals surface area (Å²) >= 11 is 0. The number of hydrogen-bond acceptors (Lipinski definition) is 6. The van der Waals surface area contributed by atoms with Crippen LogP contribution >= 0.6 is 0 Å². The SMILES string of the molecule is CC1=C(C)C(CO)(CO)C[C@H]1n1cnc2c(N)ncnc21. The van der Waals surface area contributed by atoms with Crippen molar-refractivity contribution >= 4 is 17.0 Å². The number of anilines is 1. The maximum atomic E-state index is 9.71. The number of fused-ring (bicyclic) bond motifs is 1. The predicted octanol–water partition coefficient (Wildman–Crippen LogP) is 0.661. The molecule has 0 aromatic carbocycles. The third kappa shape index (κ3) is 1.85. The van der Waals surface area contributed by atoms with Gasteiger partial charge in [-0.25, -0.2) is 15.0 Å². The zero-order valence-electron chi connectivity index (χ0n) is 12.1. The first-order valence-electron chi connectivity index (χ1n) is 6.86. The average Bonchev–Trinajstić information content (AvgIpc) is 3.02. The minimum atomic E-state index is -0.579. The molecule has 1 aliphatic carbocycles. The summed E-state index contributed by atoms with van der Waals surface area (Å²) in [6.07, 6.45) is 3.73. The Balaban J connectivity index is 2.11. The van der Waals surface area contributed by atoms with Crippen LogP contribution in [0.25, 0.3) is 11.2 Å². The highest BCUT2D eigenvalue weighted by Crippen LogP contribution is 2.48. The minimum absolute atomic E-state index is 0.00333. The topological polar surface area (TPSA) is 110 Å². The fourth-order valence-electron chi connectivity index (χ4n) is 3.17. The van der Waals surface area contributed by atoms with Gasteiger partial charge in [-0.15, -0.1) is 0 Å². The molecule has 0 saturated heterocycles. The monoisotopic (exact) mass is 289 g/mol. The van der Waals surface area contributed by atoms with Gasteiger partial charge in [-0.05, 0) is 20.3 Å². The second-order valence-corrected chi connectivity index (χ2v) is 5.71. The first-order valence-corrected chi connectivity index (χ1v) is 6.86. The Hall–Kier alpha value is -1.99. The number of aliphatic hydroxyl groups is 2. The summed E-state index contributed by atoms with van der Waals surface area (Å²) in [5, 5.41) is 19.4. The van der Waals surface area contributed by atoms with Crippen molar-refractivity contribution in [2.45, 2.75) is 26.3 Å². The number of hydrogen-bond donors (Lipinski definition) is 3. The molecule has 0 bridgehead atoms. The van der Waals surface area contributed by atoms with Crippen molar-refractivity contribution in [1.82, 2.24) is 19.5 Å². The third-order valence-electron chi connectivity index (χ3n) is 4.80. The molecule has 2 aromatic heterocycles. The summed E-state index contributed by atoms with van der Waals surface area (Å²) in [6, 6.07) is 0.00333. The Kier molecular flexibility index (Phi) is 3.18. The highest BCUT2D eigenvalue weighted by Gasteiger charge is 2.42. The average molecular weight is 289 g/mol. The predicted molar refractivity (Wildman–Crippen MR) is 78.4 cm³/mol. The van der Waals surface area contributed by atoms with Crippen molar-refractivity contribution in [3.8, 4) is 0 Å². The van der Waals surface area contributed by atoms with Gasteiger partial charge < -0.3 is 20.5 Å². The molecule has 2 aromatic rings. The van der Waals surface area contributed by atoms with Crippen LogP contribution in [0.5, 0.6) is 0 Å². The number of allylic oxidation sites excluding steroid dienone is 1. The van der Waals surface area contributed by atoms with Gasteiger partial charge in [-0.2, -0.15) is 0 Å². The van der Waals surface area contributed by atoms with Crippen molar-refractivity contribution < 1.29 is 10.2 Å². The lowest BCUT2D eigenvalue weighted by molar-refractivity contribution is 0.0789. The first-order chi connectivity index (χ1) is 10.0. The molecule has 1 aliphatic rings. The minimum Gasteiger partial charge on any atom is -0.395 e. The Morgan fingerprint density at radius 2 is 2.00 bits per heavy atom. The molecule has 0 amide bonds. The van der Waals surface area contributed by atoms with Gasteiger partial charge in [0.25, 0.3) is 0 Å². The van der Waals surface area contributed by atoms with E-state index in [0.29, 0.717) is 23.4 Å². The van der Waals surface area contributed by atoms with Crippen LogP contribution in [0.2, 0.25) is 0 Å². The normalized spacial score (nSPS) is 21.4. The van der Waals surface area contributed by atoms with Gasteiger partial charge in [0, 0.05) is 5.41 Å². The number of aromatic nitrogens is 4. The Morgan fingerprint density at radius 1 is 1.29 bits per heavy atom. The van der Waals surface area contributed by atoms with Crippen LogP contribution in [-0.2, 0) is 0 Å². The molecule has 0 saturated carbocycles. The summed E-state index contributed by atoms with van der Waals surface area (Å²) in [6.45, 7) is 3.83. The molecule has 3 rings (SSSR count). The number of rotatable bonds is 3. The summed E-state index contributed by atoms with van der Waals surface area (Å²) in [7, 11) is 0. The largest absolute Gasteiger partial charge is 0.395 e. The summed E-state index contributed by atoms with van der Waals surface area (Å²) in [5.74, 6) is 0.352. The zero-order valence-corrected chi connectivity index (χ0v) is 12.1. The smallest absolute Gasteiger partial charge is 0.165 e. The van der Waals surface area contributed by atoms with E-state index >= 15 is 0 Å². The standard InChI is InChI=1S/C14H19N5O2/c1-8-9(2)14(4-20,5-21)3-10(8)19-7-18-11-12(15)16-6-17-13(11)19/h6-7,10,20-21H,3-5H2,1-2H3,(H2,15,16,17)/t10-/m1/s1. The van der Waals surface area contributed by atoms with Crippen LogP contribution in [0.1, 0.15) is 26.3 Å². The first kappa shape index (κ1) is 14.0. The maximum Gasteiger partial charge on any atom is 0.165 e. The summed E-state index contributed by atoms with van der Waals surface area (Å²) in [5.41, 5.74) is 8.64. The number of nitrogen functional groups attached to an aromatic ring is 1. The lowest BCUT2D eigenvalue weighted by Crippen LogP contribution is -2.29. The number of nitrogens with two attached hydrogens (primary N) is 1. The number of imidazole rings is 1. The van der Waals surface area contributed by atoms with Crippen LogP contribution < -0.4 is 5.73 Å². The van der Waals surface area contributed by atoms with Gasteiger partial charge in [0.1, 0.15) is 11.8 Å². The Bertz CT molecular complexity index is 717. The van der Waals surface area contributed by atoms with Crippen molar-refractivity contribution in [2.75, 3.05) is 18.9 Å². The summed E-state index contributed by atoms with van der Waals surface area (Å²) in [4.78, 5) is 12.5. The van der Waals surface area contributed by atoms with E-state index in [1.807, 2.05) is 18.4 Å². The van der Waals surface area contributed by atoms with Gasteiger partial charge in [0.2, 0.25) is 0 Å².